The molecule has 1 aliphatic heterocycles. The largest absolute Gasteiger partial charge is 0.497 e. The van der Waals surface area contributed by atoms with Gasteiger partial charge in [0.05, 0.1) is 7.11 Å². The predicted octanol–water partition coefficient (Wildman–Crippen LogP) is 2.93. The Bertz CT molecular complexity index is 708. The number of carbonyl (C=O) groups is 2. The van der Waals surface area contributed by atoms with Crippen LogP contribution in [0, 0.1) is 11.3 Å². The summed E-state index contributed by atoms with van der Waals surface area (Å²) in [6.07, 6.45) is 4.42. The van der Waals surface area contributed by atoms with Gasteiger partial charge in [0.15, 0.2) is 6.61 Å². The molecule has 0 unspecified atom stereocenters. The lowest BCUT2D eigenvalue weighted by molar-refractivity contribution is -0.151. The van der Waals surface area contributed by atoms with E-state index in [2.05, 4.69) is 0 Å². The van der Waals surface area contributed by atoms with E-state index in [1.54, 1.807) is 36.3 Å². The molecule has 2 atom stereocenters. The van der Waals surface area contributed by atoms with Crippen molar-refractivity contribution in [3.8, 4) is 11.8 Å². The third-order valence-corrected chi connectivity index (χ3v) is 4.58. The highest BCUT2D eigenvalue weighted by molar-refractivity contribution is 5.98. The van der Waals surface area contributed by atoms with Crippen LogP contribution in [0.5, 0.6) is 5.75 Å². The van der Waals surface area contributed by atoms with Crippen molar-refractivity contribution in [3.63, 3.8) is 0 Å². The van der Waals surface area contributed by atoms with Gasteiger partial charge in [-0.05, 0) is 56.9 Å². The van der Waals surface area contributed by atoms with E-state index in [0.717, 1.165) is 19.3 Å². The number of ether oxygens (including phenoxy) is 2. The highest BCUT2D eigenvalue weighted by atomic mass is 16.5. The third kappa shape index (κ3) is 4.85. The summed E-state index contributed by atoms with van der Waals surface area (Å²) in [6, 6.07) is 9.02. The van der Waals surface area contributed by atoms with Crippen molar-refractivity contribution in [2.24, 2.45) is 0 Å². The Labute approximate surface area is 154 Å². The first-order valence-electron chi connectivity index (χ1n) is 8.70. The standard InChI is InChI=1S/C20H24N2O4/c1-14-5-4-6-15(2)22(14)19(23)13-26-20(24)17(12-21)11-16-7-9-18(25-3)10-8-16/h7-11,14-15H,4-6,13H2,1-3H3/b17-11+/t14-,15+. The molecule has 26 heavy (non-hydrogen) atoms. The summed E-state index contributed by atoms with van der Waals surface area (Å²) >= 11 is 0. The fraction of sp³-hybridized carbons (Fsp3) is 0.450. The van der Waals surface area contributed by atoms with Crippen LogP contribution in [0.25, 0.3) is 6.08 Å². The van der Waals surface area contributed by atoms with Gasteiger partial charge in [-0.15, -0.1) is 0 Å². The fourth-order valence-electron chi connectivity index (χ4n) is 3.20. The SMILES string of the molecule is COc1ccc(/C=C(\C#N)C(=O)OCC(=O)N2[C@H](C)CCC[C@@H]2C)cc1. The Morgan fingerprint density at radius 1 is 1.23 bits per heavy atom. The topological polar surface area (TPSA) is 79.6 Å². The number of hydrogen-bond acceptors (Lipinski definition) is 5. The van der Waals surface area contributed by atoms with Crippen LogP contribution in [0.15, 0.2) is 29.8 Å². The molecule has 1 aliphatic rings. The highest BCUT2D eigenvalue weighted by Gasteiger charge is 2.29. The van der Waals surface area contributed by atoms with E-state index in [0.29, 0.717) is 11.3 Å². The van der Waals surface area contributed by atoms with Crippen molar-refractivity contribution >= 4 is 18.0 Å². The average Bonchev–Trinajstić information content (AvgIpc) is 2.64. The molecule has 6 heteroatoms. The van der Waals surface area contributed by atoms with E-state index in [1.807, 2.05) is 19.9 Å². The van der Waals surface area contributed by atoms with Gasteiger partial charge in [-0.25, -0.2) is 4.79 Å². The molecule has 2 rings (SSSR count). The predicted molar refractivity (Wildman–Crippen MR) is 97.2 cm³/mol. The summed E-state index contributed by atoms with van der Waals surface area (Å²) in [7, 11) is 1.56. The maximum atomic E-state index is 12.4. The highest BCUT2D eigenvalue weighted by Crippen LogP contribution is 2.22. The minimum absolute atomic E-state index is 0.134. The molecule has 0 N–H and O–H groups in total. The molecule has 1 aromatic carbocycles. The number of nitriles is 1. The van der Waals surface area contributed by atoms with Crippen molar-refractivity contribution in [3.05, 3.63) is 35.4 Å². The average molecular weight is 356 g/mol. The van der Waals surface area contributed by atoms with E-state index in [-0.39, 0.29) is 30.2 Å². The van der Waals surface area contributed by atoms with Crippen molar-refractivity contribution in [1.82, 2.24) is 4.90 Å². The molecule has 1 amide bonds. The minimum atomic E-state index is -0.797. The number of methoxy groups -OCH3 is 1. The van der Waals surface area contributed by atoms with Gasteiger partial charge < -0.3 is 14.4 Å². The van der Waals surface area contributed by atoms with Gasteiger partial charge in [-0.3, -0.25) is 4.79 Å². The van der Waals surface area contributed by atoms with Crippen LogP contribution in [-0.4, -0.2) is 42.6 Å². The quantitative estimate of drug-likeness (QED) is 0.460. The lowest BCUT2D eigenvalue weighted by Crippen LogP contribution is -2.49. The monoisotopic (exact) mass is 356 g/mol. The van der Waals surface area contributed by atoms with Crippen molar-refractivity contribution in [2.45, 2.75) is 45.2 Å². The molecule has 1 fully saturated rings. The van der Waals surface area contributed by atoms with Gasteiger partial charge in [0, 0.05) is 12.1 Å². The molecule has 0 bridgehead atoms. The Balaban J connectivity index is 1.99. The zero-order valence-electron chi connectivity index (χ0n) is 15.4. The molecule has 0 spiro atoms. The van der Waals surface area contributed by atoms with Crippen molar-refractivity contribution in [2.75, 3.05) is 13.7 Å². The molecule has 1 saturated heterocycles. The van der Waals surface area contributed by atoms with Crippen LogP contribution in [0.2, 0.25) is 0 Å². The molecule has 0 radical (unpaired) electrons. The van der Waals surface area contributed by atoms with E-state index >= 15 is 0 Å². The molecular weight excluding hydrogens is 332 g/mol. The number of likely N-dealkylation sites (tertiary alicyclic amines) is 1. The molecule has 0 aliphatic carbocycles. The first-order valence-corrected chi connectivity index (χ1v) is 8.70. The lowest BCUT2D eigenvalue weighted by atomic mass is 9.97. The summed E-state index contributed by atoms with van der Waals surface area (Å²) in [4.78, 5) is 26.3. The maximum absolute atomic E-state index is 12.4. The van der Waals surface area contributed by atoms with Crippen molar-refractivity contribution in [1.29, 1.82) is 5.26 Å². The molecule has 0 saturated carbocycles. The smallest absolute Gasteiger partial charge is 0.349 e. The summed E-state index contributed by atoms with van der Waals surface area (Å²) in [5, 5.41) is 9.22. The second-order valence-corrected chi connectivity index (χ2v) is 6.45. The number of benzene rings is 1. The van der Waals surface area contributed by atoms with Crippen LogP contribution in [0.3, 0.4) is 0 Å². The van der Waals surface area contributed by atoms with Crippen LogP contribution >= 0.6 is 0 Å². The Hall–Kier alpha value is -2.81. The first kappa shape index (κ1) is 19.5. The van der Waals surface area contributed by atoms with Gasteiger partial charge in [0.25, 0.3) is 5.91 Å². The second kappa shape index (κ2) is 9.04. The molecule has 0 aromatic heterocycles. The van der Waals surface area contributed by atoms with E-state index in [9.17, 15) is 14.9 Å². The van der Waals surface area contributed by atoms with Gasteiger partial charge in [-0.2, -0.15) is 5.26 Å². The fourth-order valence-corrected chi connectivity index (χ4v) is 3.20. The van der Waals surface area contributed by atoms with Gasteiger partial charge in [-0.1, -0.05) is 12.1 Å². The second-order valence-electron chi connectivity index (χ2n) is 6.45. The van der Waals surface area contributed by atoms with E-state index in [4.69, 9.17) is 9.47 Å². The number of carbonyl (C=O) groups excluding carboxylic acids is 2. The zero-order valence-corrected chi connectivity index (χ0v) is 15.4. The number of rotatable bonds is 5. The van der Waals surface area contributed by atoms with Gasteiger partial charge >= 0.3 is 5.97 Å². The van der Waals surface area contributed by atoms with Crippen molar-refractivity contribution < 1.29 is 19.1 Å². The Kier molecular flexibility index (Phi) is 6.79. The zero-order chi connectivity index (χ0) is 19.1. The minimum Gasteiger partial charge on any atom is -0.497 e. The number of esters is 1. The third-order valence-electron chi connectivity index (χ3n) is 4.58. The number of nitrogens with zero attached hydrogens (tertiary/aromatic N) is 2. The lowest BCUT2D eigenvalue weighted by Gasteiger charge is -2.38. The van der Waals surface area contributed by atoms with Gasteiger partial charge in [0.1, 0.15) is 17.4 Å². The molecule has 138 valence electrons. The van der Waals surface area contributed by atoms with Crippen LogP contribution < -0.4 is 4.74 Å². The maximum Gasteiger partial charge on any atom is 0.349 e. The number of amides is 1. The Morgan fingerprint density at radius 2 is 1.85 bits per heavy atom. The summed E-state index contributed by atoms with van der Waals surface area (Å²) in [5.74, 6) is -0.340. The normalized spacial score (nSPS) is 20.2. The Morgan fingerprint density at radius 3 is 2.38 bits per heavy atom. The first-order chi connectivity index (χ1) is 12.5. The summed E-state index contributed by atoms with van der Waals surface area (Å²) in [5.41, 5.74) is 0.520. The summed E-state index contributed by atoms with van der Waals surface area (Å²) < 4.78 is 10.1. The van der Waals surface area contributed by atoms with Gasteiger partial charge in [0.2, 0.25) is 0 Å². The van der Waals surface area contributed by atoms with E-state index in [1.165, 1.54) is 6.08 Å². The molecule has 1 heterocycles. The van der Waals surface area contributed by atoms with E-state index < -0.39 is 5.97 Å². The van der Waals surface area contributed by atoms with Crippen LogP contribution in [0.1, 0.15) is 38.7 Å². The summed E-state index contributed by atoms with van der Waals surface area (Å²) in [6.45, 7) is 3.65. The molecular formula is C20H24N2O4. The van der Waals surface area contributed by atoms with Crippen LogP contribution in [-0.2, 0) is 14.3 Å². The van der Waals surface area contributed by atoms with Crippen LogP contribution in [0.4, 0.5) is 0 Å². The molecule has 6 nitrogen and oxygen atoms in total. The number of piperidine rings is 1. The number of hydrogen-bond donors (Lipinski definition) is 0. The molecule has 1 aromatic rings.